The zero-order chi connectivity index (χ0) is 13.0. The van der Waals surface area contributed by atoms with Gasteiger partial charge in [-0.2, -0.15) is 0 Å². The number of morpholine rings is 1. The summed E-state index contributed by atoms with van der Waals surface area (Å²) in [4.78, 5) is 2.54. The highest BCUT2D eigenvalue weighted by atomic mass is 32.2. The maximum atomic E-state index is 12.0. The summed E-state index contributed by atoms with van der Waals surface area (Å²) in [5.41, 5.74) is 6.84. The van der Waals surface area contributed by atoms with Crippen LogP contribution in [-0.2, 0) is 20.5 Å². The first kappa shape index (κ1) is 13.3. The predicted molar refractivity (Wildman–Crippen MR) is 69.0 cm³/mol. The molecule has 0 amide bonds. The lowest BCUT2D eigenvalue weighted by atomic mass is 10.2. The Morgan fingerprint density at radius 1 is 1.28 bits per heavy atom. The second kappa shape index (κ2) is 5.66. The smallest absolute Gasteiger partial charge is 0.228 e. The van der Waals surface area contributed by atoms with E-state index in [9.17, 15) is 8.42 Å². The van der Waals surface area contributed by atoms with Gasteiger partial charge in [0.2, 0.25) is 10.0 Å². The molecule has 1 aliphatic rings. The fourth-order valence-corrected chi connectivity index (χ4v) is 3.07. The van der Waals surface area contributed by atoms with Gasteiger partial charge in [0, 0.05) is 18.8 Å². The molecule has 1 aromatic rings. The van der Waals surface area contributed by atoms with E-state index in [2.05, 4.69) is 4.83 Å². The molecular formula is C11H17N3O3S. The summed E-state index contributed by atoms with van der Waals surface area (Å²) in [7, 11) is -3.42. The van der Waals surface area contributed by atoms with Gasteiger partial charge >= 0.3 is 0 Å². The molecule has 0 bridgehead atoms. The van der Waals surface area contributed by atoms with Crippen LogP contribution < -0.4 is 10.6 Å². The van der Waals surface area contributed by atoms with E-state index in [4.69, 9.17) is 10.5 Å². The van der Waals surface area contributed by atoms with Crippen molar-refractivity contribution >= 4 is 15.7 Å². The Balaban J connectivity index is 2.01. The van der Waals surface area contributed by atoms with Gasteiger partial charge in [-0.1, -0.05) is 18.2 Å². The Morgan fingerprint density at radius 3 is 2.61 bits per heavy atom. The quantitative estimate of drug-likeness (QED) is 0.749. The summed E-state index contributed by atoms with van der Waals surface area (Å²) in [5.74, 6) is -0.114. The average Bonchev–Trinajstić information content (AvgIpc) is 2.32. The second-order valence-electron chi connectivity index (χ2n) is 4.15. The van der Waals surface area contributed by atoms with Crippen LogP contribution in [0.2, 0.25) is 0 Å². The molecule has 18 heavy (non-hydrogen) atoms. The molecule has 1 fully saturated rings. The highest BCUT2D eigenvalue weighted by molar-refractivity contribution is 7.88. The molecule has 3 N–H and O–H groups in total. The molecule has 0 aromatic heterocycles. The Labute approximate surface area is 107 Å². The van der Waals surface area contributed by atoms with Gasteiger partial charge in [-0.3, -0.25) is 0 Å². The number of nitrogens with zero attached hydrogens (tertiary/aromatic N) is 1. The minimum absolute atomic E-state index is 0.114. The van der Waals surface area contributed by atoms with Gasteiger partial charge in [-0.25, -0.2) is 13.4 Å². The van der Waals surface area contributed by atoms with Crippen molar-refractivity contribution < 1.29 is 13.2 Å². The van der Waals surface area contributed by atoms with Crippen LogP contribution in [0.15, 0.2) is 24.3 Å². The molecule has 6 nitrogen and oxygen atoms in total. The number of rotatable bonds is 4. The van der Waals surface area contributed by atoms with Crippen molar-refractivity contribution in [2.24, 2.45) is 0 Å². The number of ether oxygens (including phenoxy) is 1. The molecule has 2 rings (SSSR count). The number of hydrogen-bond acceptors (Lipinski definition) is 5. The Hall–Kier alpha value is -1.15. The van der Waals surface area contributed by atoms with Gasteiger partial charge in [0.1, 0.15) is 0 Å². The summed E-state index contributed by atoms with van der Waals surface area (Å²) in [6.45, 7) is 2.19. The zero-order valence-electron chi connectivity index (χ0n) is 10.0. The molecular weight excluding hydrogens is 254 g/mol. The second-order valence-corrected chi connectivity index (χ2v) is 5.85. The first-order valence-corrected chi connectivity index (χ1v) is 7.38. The molecule has 100 valence electrons. The minimum atomic E-state index is -3.42. The molecule has 0 spiro atoms. The van der Waals surface area contributed by atoms with E-state index >= 15 is 0 Å². The Morgan fingerprint density at radius 2 is 1.94 bits per heavy atom. The lowest BCUT2D eigenvalue weighted by Gasteiger charge is -2.26. The number of para-hydroxylation sites is 1. The number of anilines is 1. The van der Waals surface area contributed by atoms with E-state index < -0.39 is 10.0 Å². The molecule has 0 unspecified atom stereocenters. The van der Waals surface area contributed by atoms with E-state index in [0.717, 1.165) is 0 Å². The van der Waals surface area contributed by atoms with Gasteiger partial charge in [0.15, 0.2) is 0 Å². The third kappa shape index (κ3) is 3.67. The Kier molecular flexibility index (Phi) is 4.18. The number of benzene rings is 1. The lowest BCUT2D eigenvalue weighted by molar-refractivity contribution is 0.0272. The van der Waals surface area contributed by atoms with Crippen LogP contribution in [0.3, 0.4) is 0 Å². The first-order valence-electron chi connectivity index (χ1n) is 5.73. The summed E-state index contributed by atoms with van der Waals surface area (Å²) in [6.07, 6.45) is 0. The number of hydrazine groups is 1. The van der Waals surface area contributed by atoms with Crippen molar-refractivity contribution in [3.05, 3.63) is 29.8 Å². The lowest BCUT2D eigenvalue weighted by Crippen LogP contribution is -2.48. The first-order chi connectivity index (χ1) is 8.57. The highest BCUT2D eigenvalue weighted by Gasteiger charge is 2.19. The fraction of sp³-hybridized carbons (Fsp3) is 0.455. The van der Waals surface area contributed by atoms with Crippen molar-refractivity contribution in [3.63, 3.8) is 0 Å². The molecule has 0 aliphatic carbocycles. The van der Waals surface area contributed by atoms with Gasteiger partial charge in [0.05, 0.1) is 19.0 Å². The van der Waals surface area contributed by atoms with Crippen LogP contribution in [0.1, 0.15) is 5.56 Å². The van der Waals surface area contributed by atoms with E-state index in [-0.39, 0.29) is 5.75 Å². The number of nitrogens with two attached hydrogens (primary N) is 1. The monoisotopic (exact) mass is 271 g/mol. The fourth-order valence-electron chi connectivity index (χ4n) is 1.75. The molecule has 0 atom stereocenters. The number of sulfonamides is 1. The van der Waals surface area contributed by atoms with E-state index in [1.165, 1.54) is 0 Å². The van der Waals surface area contributed by atoms with Crippen molar-refractivity contribution in [1.29, 1.82) is 0 Å². The number of hydrogen-bond donors (Lipinski definition) is 2. The maximum Gasteiger partial charge on any atom is 0.228 e. The van der Waals surface area contributed by atoms with Crippen LogP contribution in [0.5, 0.6) is 0 Å². The van der Waals surface area contributed by atoms with Crippen LogP contribution in [0.4, 0.5) is 5.69 Å². The predicted octanol–water partition coefficient (Wildman–Crippen LogP) is -0.0646. The van der Waals surface area contributed by atoms with E-state index in [0.29, 0.717) is 37.6 Å². The van der Waals surface area contributed by atoms with Gasteiger partial charge in [-0.15, -0.1) is 4.83 Å². The minimum Gasteiger partial charge on any atom is -0.398 e. The summed E-state index contributed by atoms with van der Waals surface area (Å²) < 4.78 is 29.1. The summed E-state index contributed by atoms with van der Waals surface area (Å²) in [6, 6.07) is 6.96. The molecule has 7 heteroatoms. The molecule has 1 saturated heterocycles. The van der Waals surface area contributed by atoms with Gasteiger partial charge < -0.3 is 10.5 Å². The average molecular weight is 271 g/mol. The SMILES string of the molecule is Nc1ccccc1CS(=O)(=O)NN1CCOCC1. The molecule has 1 aromatic carbocycles. The van der Waals surface area contributed by atoms with Crippen LogP contribution in [0.25, 0.3) is 0 Å². The standard InChI is InChI=1S/C11H17N3O3S/c12-11-4-2-1-3-10(11)9-18(15,16)13-14-5-7-17-8-6-14/h1-4,13H,5-9,12H2. The molecule has 0 saturated carbocycles. The maximum absolute atomic E-state index is 12.0. The molecule has 1 aliphatic heterocycles. The topological polar surface area (TPSA) is 84.7 Å². The zero-order valence-corrected chi connectivity index (χ0v) is 10.8. The number of nitrogens with one attached hydrogen (secondary N) is 1. The van der Waals surface area contributed by atoms with Crippen molar-refractivity contribution in [3.8, 4) is 0 Å². The van der Waals surface area contributed by atoms with Crippen LogP contribution in [0, 0.1) is 0 Å². The third-order valence-corrected chi connectivity index (χ3v) is 3.91. The van der Waals surface area contributed by atoms with E-state index in [1.54, 1.807) is 29.3 Å². The van der Waals surface area contributed by atoms with Crippen molar-refractivity contribution in [1.82, 2.24) is 9.84 Å². The summed E-state index contributed by atoms with van der Waals surface area (Å²) in [5, 5.41) is 1.65. The van der Waals surface area contributed by atoms with Crippen LogP contribution >= 0.6 is 0 Å². The van der Waals surface area contributed by atoms with Gasteiger partial charge in [-0.05, 0) is 11.6 Å². The number of nitrogen functional groups attached to an aromatic ring is 1. The summed E-state index contributed by atoms with van der Waals surface area (Å²) >= 11 is 0. The van der Waals surface area contributed by atoms with Gasteiger partial charge in [0.25, 0.3) is 0 Å². The third-order valence-electron chi connectivity index (χ3n) is 2.68. The molecule has 1 heterocycles. The van der Waals surface area contributed by atoms with Crippen molar-refractivity contribution in [2.45, 2.75) is 5.75 Å². The molecule has 0 radical (unpaired) electrons. The van der Waals surface area contributed by atoms with Crippen molar-refractivity contribution in [2.75, 3.05) is 32.0 Å². The van der Waals surface area contributed by atoms with E-state index in [1.807, 2.05) is 0 Å². The van der Waals surface area contributed by atoms with Crippen LogP contribution in [-0.4, -0.2) is 39.7 Å². The largest absolute Gasteiger partial charge is 0.398 e. The Bertz CT molecular complexity index is 498. The normalized spacial score (nSPS) is 17.8. The highest BCUT2D eigenvalue weighted by Crippen LogP contribution is 2.13.